The summed E-state index contributed by atoms with van der Waals surface area (Å²) >= 11 is 0. The highest BCUT2D eigenvalue weighted by atomic mass is 16.3. The van der Waals surface area contributed by atoms with Crippen LogP contribution < -0.4 is 5.32 Å². The minimum atomic E-state index is -0.333. The highest BCUT2D eigenvalue weighted by molar-refractivity contribution is 6.18. The van der Waals surface area contributed by atoms with Crippen molar-refractivity contribution in [3.05, 3.63) is 199 Å². The highest BCUT2D eigenvalue weighted by Crippen LogP contribution is 2.40. The van der Waals surface area contributed by atoms with Crippen molar-refractivity contribution in [2.45, 2.75) is 6.17 Å². The molecule has 1 unspecified atom stereocenters. The molecule has 0 saturated heterocycles. The van der Waals surface area contributed by atoms with E-state index in [1.807, 2.05) is 42.5 Å². The van der Waals surface area contributed by atoms with Gasteiger partial charge in [-0.25, -0.2) is 9.98 Å². The van der Waals surface area contributed by atoms with Crippen LogP contribution in [0.1, 0.15) is 22.9 Å². The molecule has 0 amide bonds. The van der Waals surface area contributed by atoms with Crippen molar-refractivity contribution in [2.75, 3.05) is 0 Å². The Morgan fingerprint density at radius 1 is 0.456 bits per heavy atom. The number of fused-ring (bicyclic) bond motifs is 9. The number of furan rings is 2. The van der Waals surface area contributed by atoms with Crippen molar-refractivity contribution < 1.29 is 8.83 Å². The second-order valence-electron chi connectivity index (χ2n) is 14.6. The topological polar surface area (TPSA) is 68.0 Å². The van der Waals surface area contributed by atoms with Gasteiger partial charge in [0.15, 0.2) is 5.84 Å². The van der Waals surface area contributed by atoms with Gasteiger partial charge < -0.3 is 18.7 Å². The Morgan fingerprint density at radius 2 is 1.11 bits per heavy atom. The molecule has 0 fully saturated rings. The Balaban J connectivity index is 0.971. The van der Waals surface area contributed by atoms with Crippen molar-refractivity contribution in [3.63, 3.8) is 0 Å². The third-order valence-electron chi connectivity index (χ3n) is 11.3. The lowest BCUT2D eigenvalue weighted by Gasteiger charge is -2.23. The number of rotatable bonds is 5. The zero-order chi connectivity index (χ0) is 37.5. The molecular formula is C51H32N4O2. The van der Waals surface area contributed by atoms with E-state index in [0.29, 0.717) is 5.84 Å². The van der Waals surface area contributed by atoms with Gasteiger partial charge in [-0.05, 0) is 83.4 Å². The number of aromatic nitrogens is 1. The molecule has 268 valence electrons. The average Bonchev–Trinajstić information content (AvgIpc) is 3.95. The maximum Gasteiger partial charge on any atom is 0.159 e. The van der Waals surface area contributed by atoms with Gasteiger partial charge in [0.2, 0.25) is 0 Å². The summed E-state index contributed by atoms with van der Waals surface area (Å²) in [6.45, 7) is 0. The molecule has 1 aliphatic rings. The van der Waals surface area contributed by atoms with E-state index in [-0.39, 0.29) is 6.17 Å². The van der Waals surface area contributed by atoms with Gasteiger partial charge in [0.05, 0.1) is 11.0 Å². The molecular weight excluding hydrogens is 701 g/mol. The molecule has 6 nitrogen and oxygen atoms in total. The number of nitrogens with one attached hydrogen (secondary N) is 1. The van der Waals surface area contributed by atoms with Gasteiger partial charge in [-0.2, -0.15) is 0 Å². The number of hydrogen-bond donors (Lipinski definition) is 1. The number of nitrogens with zero attached hydrogens (tertiary/aromatic N) is 3. The summed E-state index contributed by atoms with van der Waals surface area (Å²) < 4.78 is 15.2. The molecule has 12 rings (SSSR count). The van der Waals surface area contributed by atoms with Crippen LogP contribution in [0.3, 0.4) is 0 Å². The largest absolute Gasteiger partial charge is 0.456 e. The average molecular weight is 733 g/mol. The summed E-state index contributed by atoms with van der Waals surface area (Å²) in [7, 11) is 0. The predicted molar refractivity (Wildman–Crippen MR) is 233 cm³/mol. The molecule has 0 aliphatic carbocycles. The Kier molecular flexibility index (Phi) is 6.89. The van der Waals surface area contributed by atoms with Crippen LogP contribution in [0, 0.1) is 0 Å². The highest BCUT2D eigenvalue weighted by Gasteiger charge is 2.23. The molecule has 8 aromatic carbocycles. The summed E-state index contributed by atoms with van der Waals surface area (Å²) in [4.78, 5) is 10.2. The second-order valence-corrected chi connectivity index (χ2v) is 14.6. The van der Waals surface area contributed by atoms with Crippen LogP contribution in [0.15, 0.2) is 201 Å². The zero-order valence-corrected chi connectivity index (χ0v) is 30.6. The van der Waals surface area contributed by atoms with Crippen molar-refractivity contribution in [1.29, 1.82) is 0 Å². The molecule has 6 heteroatoms. The summed E-state index contributed by atoms with van der Waals surface area (Å²) in [6, 6.07) is 63.4. The SMILES string of the molecule is c1ccc(C2N=C(c3ccc4c(c3)oc3ccccc34)N=C(c3ccc4c(c3)oc3cccc(-c5ccc6c(c5)c5ccccc5n6-c5ccccc5)c34)N2)cc1. The normalized spacial score (nSPS) is 14.5. The van der Waals surface area contributed by atoms with E-state index in [2.05, 4.69) is 149 Å². The van der Waals surface area contributed by atoms with Crippen molar-refractivity contribution in [1.82, 2.24) is 9.88 Å². The molecule has 1 aliphatic heterocycles. The van der Waals surface area contributed by atoms with Gasteiger partial charge in [0.1, 0.15) is 34.3 Å². The lowest BCUT2D eigenvalue weighted by atomic mass is 9.97. The summed E-state index contributed by atoms with van der Waals surface area (Å²) in [5, 5.41) is 10.4. The van der Waals surface area contributed by atoms with E-state index >= 15 is 0 Å². The maximum atomic E-state index is 6.64. The Hall–Kier alpha value is -7.70. The maximum absolute atomic E-state index is 6.64. The number of aliphatic imine (C=N–C) groups is 2. The van der Waals surface area contributed by atoms with Crippen LogP contribution in [0.4, 0.5) is 0 Å². The van der Waals surface area contributed by atoms with E-state index in [4.69, 9.17) is 18.8 Å². The first-order valence-electron chi connectivity index (χ1n) is 19.2. The van der Waals surface area contributed by atoms with Crippen molar-refractivity contribution in [3.8, 4) is 16.8 Å². The van der Waals surface area contributed by atoms with E-state index in [0.717, 1.165) is 83.2 Å². The van der Waals surface area contributed by atoms with Gasteiger partial charge in [-0.1, -0.05) is 115 Å². The molecule has 57 heavy (non-hydrogen) atoms. The quantitative estimate of drug-likeness (QED) is 0.192. The molecule has 0 radical (unpaired) electrons. The van der Waals surface area contributed by atoms with E-state index in [9.17, 15) is 0 Å². The molecule has 11 aromatic rings. The number of benzene rings is 8. The number of para-hydroxylation sites is 3. The Morgan fingerprint density at radius 3 is 2.00 bits per heavy atom. The van der Waals surface area contributed by atoms with E-state index in [1.54, 1.807) is 0 Å². The fourth-order valence-electron chi connectivity index (χ4n) is 8.61. The smallest absolute Gasteiger partial charge is 0.159 e. The first-order chi connectivity index (χ1) is 28.2. The summed E-state index contributed by atoms with van der Waals surface area (Å²) in [5.74, 6) is 1.36. The predicted octanol–water partition coefficient (Wildman–Crippen LogP) is 12.7. The number of hydrogen-bond acceptors (Lipinski definition) is 5. The standard InChI is InChI=1S/C51H32N4O2/c1-3-12-31(13-4-1)49-52-50(33-22-25-39-38-17-8-10-20-44(38)56-46(39)29-33)54-51(53-49)34-23-26-40-47(30-34)57-45-21-11-18-36(48(40)45)32-24-27-43-41(28-32)37-16-7-9-19-42(37)55(43)35-14-5-2-6-15-35/h1-30,49H,(H,52,53,54). The van der Waals surface area contributed by atoms with Crippen LogP contribution in [0.2, 0.25) is 0 Å². The monoisotopic (exact) mass is 732 g/mol. The molecule has 4 heterocycles. The lowest BCUT2D eigenvalue weighted by Crippen LogP contribution is -2.33. The Bertz CT molecular complexity index is 3440. The van der Waals surface area contributed by atoms with Gasteiger partial charge in [0, 0.05) is 49.1 Å². The fraction of sp³-hybridized carbons (Fsp3) is 0.0196. The number of amidine groups is 2. The van der Waals surface area contributed by atoms with Gasteiger partial charge in [0.25, 0.3) is 0 Å². The van der Waals surface area contributed by atoms with Gasteiger partial charge in [-0.3, -0.25) is 0 Å². The van der Waals surface area contributed by atoms with Crippen LogP contribution in [-0.2, 0) is 0 Å². The summed E-state index contributed by atoms with van der Waals surface area (Å²) in [6.07, 6.45) is -0.333. The third-order valence-corrected chi connectivity index (χ3v) is 11.3. The van der Waals surface area contributed by atoms with E-state index in [1.165, 1.54) is 21.8 Å². The van der Waals surface area contributed by atoms with Gasteiger partial charge in [-0.15, -0.1) is 0 Å². The molecule has 1 N–H and O–H groups in total. The molecule has 3 aromatic heterocycles. The Labute approximate surface area is 326 Å². The van der Waals surface area contributed by atoms with Crippen LogP contribution in [0.5, 0.6) is 0 Å². The molecule has 0 spiro atoms. The van der Waals surface area contributed by atoms with Crippen LogP contribution >= 0.6 is 0 Å². The lowest BCUT2D eigenvalue weighted by molar-refractivity contribution is 0.666. The minimum Gasteiger partial charge on any atom is -0.456 e. The first kappa shape index (κ1) is 31.6. The van der Waals surface area contributed by atoms with Gasteiger partial charge >= 0.3 is 0 Å². The summed E-state index contributed by atoms with van der Waals surface area (Å²) in [5.41, 5.74) is 11.9. The van der Waals surface area contributed by atoms with Crippen LogP contribution in [0.25, 0.3) is 82.5 Å². The zero-order valence-electron chi connectivity index (χ0n) is 30.6. The molecule has 1 atom stereocenters. The van der Waals surface area contributed by atoms with Crippen molar-refractivity contribution >= 4 is 77.4 Å². The van der Waals surface area contributed by atoms with E-state index < -0.39 is 0 Å². The first-order valence-corrected chi connectivity index (χ1v) is 19.2. The molecule has 0 bridgehead atoms. The second kappa shape index (κ2) is 12.4. The minimum absolute atomic E-state index is 0.333. The van der Waals surface area contributed by atoms with Crippen LogP contribution in [-0.4, -0.2) is 16.2 Å². The third kappa shape index (κ3) is 5.04. The molecule has 0 saturated carbocycles. The fourth-order valence-corrected chi connectivity index (χ4v) is 8.61. The van der Waals surface area contributed by atoms with Crippen molar-refractivity contribution in [2.24, 2.45) is 9.98 Å².